The first-order chi connectivity index (χ1) is 9.21. The Kier molecular flexibility index (Phi) is 3.59. The second-order valence-corrected chi connectivity index (χ2v) is 6.46. The molecule has 0 aromatic heterocycles. The predicted molar refractivity (Wildman–Crippen MR) is 75.0 cm³/mol. The Labute approximate surface area is 118 Å². The molecule has 1 aliphatic carbocycles. The Morgan fingerprint density at radius 1 is 1.15 bits per heavy atom. The highest BCUT2D eigenvalue weighted by molar-refractivity contribution is 5.85. The normalized spacial score (nSPS) is 22.1. The zero-order valence-electron chi connectivity index (χ0n) is 12.0. The molecule has 0 amide bonds. The van der Waals surface area contributed by atoms with Crippen LogP contribution in [0.1, 0.15) is 49.8 Å². The zero-order chi connectivity index (χ0) is 15.1. The lowest BCUT2D eigenvalue weighted by Crippen LogP contribution is -2.32. The van der Waals surface area contributed by atoms with Gasteiger partial charge in [-0.05, 0) is 34.9 Å². The van der Waals surface area contributed by atoms with Gasteiger partial charge < -0.3 is 10.2 Å². The highest BCUT2D eigenvalue weighted by Gasteiger charge is 2.39. The van der Waals surface area contributed by atoms with E-state index in [1.165, 1.54) is 0 Å². The molecule has 1 aromatic rings. The van der Waals surface area contributed by atoms with Gasteiger partial charge in [-0.2, -0.15) is 0 Å². The van der Waals surface area contributed by atoms with Crippen molar-refractivity contribution >= 4 is 11.9 Å². The Hall–Kier alpha value is -1.84. The smallest absolute Gasteiger partial charge is 0.311 e. The number of carboxylic acids is 2. The number of hydrogen-bond acceptors (Lipinski definition) is 2. The molecule has 2 rings (SSSR count). The molecule has 0 fully saturated rings. The lowest BCUT2D eigenvalue weighted by molar-refractivity contribution is -0.150. The van der Waals surface area contributed by atoms with Crippen molar-refractivity contribution in [2.45, 2.75) is 44.9 Å². The third-order valence-corrected chi connectivity index (χ3v) is 4.06. The van der Waals surface area contributed by atoms with Gasteiger partial charge in [-0.1, -0.05) is 39.0 Å². The van der Waals surface area contributed by atoms with Crippen LogP contribution < -0.4 is 0 Å². The topological polar surface area (TPSA) is 74.6 Å². The zero-order valence-corrected chi connectivity index (χ0v) is 12.0. The number of carbonyl (C=O) groups is 2. The largest absolute Gasteiger partial charge is 0.481 e. The molecule has 0 spiro atoms. The molecule has 4 heteroatoms. The monoisotopic (exact) mass is 276 g/mol. The quantitative estimate of drug-likeness (QED) is 0.871. The average Bonchev–Trinajstić information content (AvgIpc) is 2.35. The van der Waals surface area contributed by atoms with Gasteiger partial charge in [-0.25, -0.2) is 0 Å². The Morgan fingerprint density at radius 2 is 1.80 bits per heavy atom. The van der Waals surface area contributed by atoms with Crippen molar-refractivity contribution in [1.29, 1.82) is 0 Å². The van der Waals surface area contributed by atoms with Gasteiger partial charge in [-0.3, -0.25) is 9.59 Å². The number of aliphatic carboxylic acids is 2. The van der Waals surface area contributed by atoms with Crippen molar-refractivity contribution < 1.29 is 19.8 Å². The third-order valence-electron chi connectivity index (χ3n) is 4.06. The van der Waals surface area contributed by atoms with Crippen LogP contribution in [0, 0.1) is 5.92 Å². The maximum atomic E-state index is 11.5. The highest BCUT2D eigenvalue weighted by atomic mass is 16.4. The van der Waals surface area contributed by atoms with E-state index in [0.29, 0.717) is 18.4 Å². The fourth-order valence-corrected chi connectivity index (χ4v) is 2.84. The fourth-order valence-electron chi connectivity index (χ4n) is 2.84. The van der Waals surface area contributed by atoms with E-state index in [1.54, 1.807) is 0 Å². The van der Waals surface area contributed by atoms with E-state index >= 15 is 0 Å². The summed E-state index contributed by atoms with van der Waals surface area (Å²) in [5.41, 5.74) is 2.58. The summed E-state index contributed by atoms with van der Waals surface area (Å²) in [4.78, 5) is 22.8. The van der Waals surface area contributed by atoms with E-state index in [2.05, 4.69) is 20.8 Å². The minimum absolute atomic E-state index is 0.0890. The number of aryl methyl sites for hydroxylation is 1. The van der Waals surface area contributed by atoms with Crippen molar-refractivity contribution in [2.24, 2.45) is 5.92 Å². The van der Waals surface area contributed by atoms with Gasteiger partial charge in [0.05, 0.1) is 11.8 Å². The molecular formula is C16H20O4. The van der Waals surface area contributed by atoms with Gasteiger partial charge >= 0.3 is 11.9 Å². The molecule has 0 heterocycles. The van der Waals surface area contributed by atoms with Gasteiger partial charge in [0, 0.05) is 0 Å². The molecule has 2 atom stereocenters. The molecule has 1 aliphatic rings. The average molecular weight is 276 g/mol. The first kappa shape index (κ1) is 14.6. The first-order valence-electron chi connectivity index (χ1n) is 6.80. The standard InChI is InChI=1S/C16H20O4/c1-16(2,3)10-6-4-9-5-7-11(14(17)18)13(15(19)20)12(9)8-10/h4,6,8,11,13H,5,7H2,1-3H3,(H,17,18)(H,19,20). The van der Waals surface area contributed by atoms with Gasteiger partial charge in [0.15, 0.2) is 0 Å². The van der Waals surface area contributed by atoms with Crippen LogP contribution in [0.4, 0.5) is 0 Å². The summed E-state index contributed by atoms with van der Waals surface area (Å²) in [6, 6.07) is 5.84. The predicted octanol–water partition coefficient (Wildman–Crippen LogP) is 2.80. The maximum absolute atomic E-state index is 11.5. The number of hydrogen-bond donors (Lipinski definition) is 2. The molecule has 4 nitrogen and oxygen atoms in total. The van der Waals surface area contributed by atoms with E-state index in [4.69, 9.17) is 0 Å². The summed E-state index contributed by atoms with van der Waals surface area (Å²) < 4.78 is 0. The van der Waals surface area contributed by atoms with Crippen molar-refractivity contribution in [3.63, 3.8) is 0 Å². The molecule has 0 saturated heterocycles. The summed E-state index contributed by atoms with van der Waals surface area (Å²) in [5.74, 6) is -3.86. The number of rotatable bonds is 2. The lowest BCUT2D eigenvalue weighted by atomic mass is 9.73. The van der Waals surface area contributed by atoms with Crippen molar-refractivity contribution in [1.82, 2.24) is 0 Å². The van der Waals surface area contributed by atoms with Crippen LogP contribution in [0.5, 0.6) is 0 Å². The number of fused-ring (bicyclic) bond motifs is 1. The van der Waals surface area contributed by atoms with Gasteiger partial charge in [0.1, 0.15) is 0 Å². The molecule has 0 radical (unpaired) electrons. The molecular weight excluding hydrogens is 256 g/mol. The second-order valence-electron chi connectivity index (χ2n) is 6.46. The van der Waals surface area contributed by atoms with Crippen LogP contribution >= 0.6 is 0 Å². The van der Waals surface area contributed by atoms with Gasteiger partial charge in [0.25, 0.3) is 0 Å². The second kappa shape index (κ2) is 4.93. The SMILES string of the molecule is CC(C)(C)c1ccc2c(c1)C(C(=O)O)C(C(=O)O)CC2. The molecule has 20 heavy (non-hydrogen) atoms. The molecule has 2 unspecified atom stereocenters. The van der Waals surface area contributed by atoms with Crippen LogP contribution in [0.2, 0.25) is 0 Å². The minimum atomic E-state index is -1.05. The van der Waals surface area contributed by atoms with E-state index in [1.807, 2.05) is 18.2 Å². The minimum Gasteiger partial charge on any atom is -0.481 e. The van der Waals surface area contributed by atoms with Crippen molar-refractivity contribution in [2.75, 3.05) is 0 Å². The highest BCUT2D eigenvalue weighted by Crippen LogP contribution is 2.38. The molecule has 0 saturated carbocycles. The van der Waals surface area contributed by atoms with Crippen LogP contribution in [0.3, 0.4) is 0 Å². The summed E-state index contributed by atoms with van der Waals surface area (Å²) >= 11 is 0. The first-order valence-corrected chi connectivity index (χ1v) is 6.80. The molecule has 108 valence electrons. The Bertz CT molecular complexity index is 554. The van der Waals surface area contributed by atoms with Gasteiger partial charge in [-0.15, -0.1) is 0 Å². The number of carboxylic acid groups (broad SMARTS) is 2. The fraction of sp³-hybridized carbons (Fsp3) is 0.500. The van der Waals surface area contributed by atoms with Gasteiger partial charge in [0.2, 0.25) is 0 Å². The molecule has 0 aliphatic heterocycles. The van der Waals surface area contributed by atoms with E-state index < -0.39 is 23.8 Å². The van der Waals surface area contributed by atoms with E-state index in [9.17, 15) is 19.8 Å². The molecule has 2 N–H and O–H groups in total. The summed E-state index contributed by atoms with van der Waals surface area (Å²) in [6.07, 6.45) is 1.01. The van der Waals surface area contributed by atoms with Crippen LogP contribution in [-0.4, -0.2) is 22.2 Å². The van der Waals surface area contributed by atoms with Crippen LogP contribution in [0.15, 0.2) is 18.2 Å². The molecule has 0 bridgehead atoms. The summed E-state index contributed by atoms with van der Waals surface area (Å²) in [7, 11) is 0. The third kappa shape index (κ3) is 2.55. The Balaban J connectivity index is 2.55. The number of benzene rings is 1. The van der Waals surface area contributed by atoms with E-state index in [-0.39, 0.29) is 5.41 Å². The van der Waals surface area contributed by atoms with Crippen LogP contribution in [-0.2, 0) is 21.4 Å². The maximum Gasteiger partial charge on any atom is 0.311 e. The summed E-state index contributed by atoms with van der Waals surface area (Å²) in [5, 5.41) is 18.7. The Morgan fingerprint density at radius 3 is 2.30 bits per heavy atom. The van der Waals surface area contributed by atoms with Crippen LogP contribution in [0.25, 0.3) is 0 Å². The van der Waals surface area contributed by atoms with Crippen molar-refractivity contribution in [3.8, 4) is 0 Å². The van der Waals surface area contributed by atoms with Crippen molar-refractivity contribution in [3.05, 3.63) is 34.9 Å². The van der Waals surface area contributed by atoms with E-state index in [0.717, 1.165) is 11.1 Å². The lowest BCUT2D eigenvalue weighted by Gasteiger charge is -2.30. The molecule has 1 aromatic carbocycles. The summed E-state index contributed by atoms with van der Waals surface area (Å²) in [6.45, 7) is 6.17.